The molecule has 0 saturated carbocycles. The fraction of sp³-hybridized carbons (Fsp3) is 1.00. The molecule has 3 heteroatoms. The van der Waals surface area contributed by atoms with Gasteiger partial charge in [0.2, 0.25) is 0 Å². The van der Waals surface area contributed by atoms with Crippen LogP contribution in [0.5, 0.6) is 0 Å². The third kappa shape index (κ3) is 2.73. The van der Waals surface area contributed by atoms with Gasteiger partial charge in [-0.25, -0.2) is 0 Å². The van der Waals surface area contributed by atoms with E-state index in [1.165, 1.54) is 32.4 Å². The minimum absolute atomic E-state index is 0.268. The van der Waals surface area contributed by atoms with Crippen LogP contribution < -0.4 is 5.32 Å². The van der Waals surface area contributed by atoms with E-state index in [-0.39, 0.29) is 5.54 Å². The van der Waals surface area contributed by atoms with Gasteiger partial charge < -0.3 is 10.1 Å². The van der Waals surface area contributed by atoms with Gasteiger partial charge in [0.25, 0.3) is 0 Å². The van der Waals surface area contributed by atoms with Crippen LogP contribution in [0, 0.1) is 5.92 Å². The van der Waals surface area contributed by atoms with E-state index in [4.69, 9.17) is 4.74 Å². The molecule has 0 aromatic carbocycles. The zero-order valence-electron chi connectivity index (χ0n) is 12.5. The SMILES string of the molecule is CCCNC1CCN(C2(C)CCOC2C)CC1C. The van der Waals surface area contributed by atoms with E-state index in [2.05, 4.69) is 37.9 Å². The topological polar surface area (TPSA) is 24.5 Å². The van der Waals surface area contributed by atoms with E-state index in [0.29, 0.717) is 12.1 Å². The van der Waals surface area contributed by atoms with Crippen molar-refractivity contribution in [2.24, 2.45) is 5.92 Å². The van der Waals surface area contributed by atoms with Crippen molar-refractivity contribution in [2.75, 3.05) is 26.2 Å². The van der Waals surface area contributed by atoms with Gasteiger partial charge in [0.05, 0.1) is 6.10 Å². The third-order valence-electron chi connectivity index (χ3n) is 5.14. The van der Waals surface area contributed by atoms with Crippen LogP contribution in [0.3, 0.4) is 0 Å². The van der Waals surface area contributed by atoms with Crippen LogP contribution in [0.4, 0.5) is 0 Å². The van der Waals surface area contributed by atoms with Gasteiger partial charge in [0, 0.05) is 31.3 Å². The highest BCUT2D eigenvalue weighted by atomic mass is 16.5. The molecule has 0 radical (unpaired) electrons. The van der Waals surface area contributed by atoms with Gasteiger partial charge in [-0.1, -0.05) is 13.8 Å². The van der Waals surface area contributed by atoms with Crippen LogP contribution in [0.1, 0.15) is 47.0 Å². The molecule has 0 bridgehead atoms. The lowest BCUT2D eigenvalue weighted by Crippen LogP contribution is -2.58. The van der Waals surface area contributed by atoms with Crippen molar-refractivity contribution in [1.82, 2.24) is 10.2 Å². The molecule has 18 heavy (non-hydrogen) atoms. The van der Waals surface area contributed by atoms with Crippen LogP contribution in [0.25, 0.3) is 0 Å². The largest absolute Gasteiger partial charge is 0.377 e. The molecular weight excluding hydrogens is 224 g/mol. The lowest BCUT2D eigenvalue weighted by molar-refractivity contribution is -0.00747. The molecule has 2 aliphatic rings. The maximum absolute atomic E-state index is 5.79. The maximum atomic E-state index is 5.79. The predicted octanol–water partition coefficient (Wildman–Crippen LogP) is 2.26. The number of nitrogens with one attached hydrogen (secondary N) is 1. The summed E-state index contributed by atoms with van der Waals surface area (Å²) in [7, 11) is 0. The predicted molar refractivity (Wildman–Crippen MR) is 75.9 cm³/mol. The van der Waals surface area contributed by atoms with Gasteiger partial charge >= 0.3 is 0 Å². The maximum Gasteiger partial charge on any atom is 0.0728 e. The zero-order chi connectivity index (χ0) is 13.2. The molecule has 3 nitrogen and oxygen atoms in total. The molecule has 0 amide bonds. The Kier molecular flexibility index (Phi) is 4.68. The highest BCUT2D eigenvalue weighted by Crippen LogP contribution is 2.34. The summed E-state index contributed by atoms with van der Waals surface area (Å²) in [5.74, 6) is 0.745. The number of ether oxygens (including phenoxy) is 1. The van der Waals surface area contributed by atoms with Crippen molar-refractivity contribution < 1.29 is 4.74 Å². The van der Waals surface area contributed by atoms with Crippen LogP contribution in [0.15, 0.2) is 0 Å². The summed E-state index contributed by atoms with van der Waals surface area (Å²) in [6.07, 6.45) is 4.08. The lowest BCUT2D eigenvalue weighted by atomic mass is 9.85. The minimum Gasteiger partial charge on any atom is -0.377 e. The molecule has 4 unspecified atom stereocenters. The van der Waals surface area contributed by atoms with Crippen LogP contribution >= 0.6 is 0 Å². The van der Waals surface area contributed by atoms with Crippen molar-refractivity contribution in [3.63, 3.8) is 0 Å². The molecule has 0 aromatic rings. The Balaban J connectivity index is 1.91. The Bertz CT molecular complexity index is 271. The summed E-state index contributed by atoms with van der Waals surface area (Å²) < 4.78 is 5.79. The smallest absolute Gasteiger partial charge is 0.0728 e. The van der Waals surface area contributed by atoms with E-state index in [1.807, 2.05) is 0 Å². The number of hydrogen-bond acceptors (Lipinski definition) is 3. The molecule has 106 valence electrons. The average Bonchev–Trinajstić information content (AvgIpc) is 2.69. The monoisotopic (exact) mass is 254 g/mol. The molecule has 2 aliphatic heterocycles. The zero-order valence-corrected chi connectivity index (χ0v) is 12.5. The second-order valence-electron chi connectivity index (χ2n) is 6.39. The second kappa shape index (κ2) is 5.89. The fourth-order valence-corrected chi connectivity index (χ4v) is 3.48. The Morgan fingerprint density at radius 2 is 2.17 bits per heavy atom. The summed E-state index contributed by atoms with van der Waals surface area (Å²) in [4.78, 5) is 2.68. The van der Waals surface area contributed by atoms with Gasteiger partial charge in [0.1, 0.15) is 0 Å². The van der Waals surface area contributed by atoms with E-state index in [9.17, 15) is 0 Å². The first kappa shape index (κ1) is 14.3. The molecule has 4 atom stereocenters. The molecule has 2 fully saturated rings. The molecule has 2 saturated heterocycles. The standard InChI is InChI=1S/C15H30N2O/c1-5-8-16-14-6-9-17(11-12(14)2)15(4)7-10-18-13(15)3/h12-14,16H,5-11H2,1-4H3. The average molecular weight is 254 g/mol. The van der Waals surface area contributed by atoms with E-state index in [0.717, 1.165) is 19.1 Å². The minimum atomic E-state index is 0.268. The Labute approximate surface area is 112 Å². The summed E-state index contributed by atoms with van der Waals surface area (Å²) in [5.41, 5.74) is 0.268. The highest BCUT2D eigenvalue weighted by Gasteiger charge is 2.44. The Morgan fingerprint density at radius 1 is 1.39 bits per heavy atom. The summed E-state index contributed by atoms with van der Waals surface area (Å²) >= 11 is 0. The third-order valence-corrected chi connectivity index (χ3v) is 5.14. The van der Waals surface area contributed by atoms with Gasteiger partial charge in [-0.05, 0) is 45.6 Å². The van der Waals surface area contributed by atoms with Gasteiger partial charge in [-0.2, -0.15) is 0 Å². The number of piperidine rings is 1. The summed E-state index contributed by atoms with van der Waals surface area (Å²) in [6, 6.07) is 0.711. The van der Waals surface area contributed by atoms with Gasteiger partial charge in [-0.15, -0.1) is 0 Å². The first-order chi connectivity index (χ1) is 8.58. The molecule has 0 aliphatic carbocycles. The second-order valence-corrected chi connectivity index (χ2v) is 6.39. The van der Waals surface area contributed by atoms with Crippen molar-refractivity contribution in [3.05, 3.63) is 0 Å². The molecule has 2 rings (SSSR count). The van der Waals surface area contributed by atoms with E-state index in [1.54, 1.807) is 0 Å². The van der Waals surface area contributed by atoms with E-state index < -0.39 is 0 Å². The first-order valence-corrected chi connectivity index (χ1v) is 7.68. The Morgan fingerprint density at radius 3 is 2.72 bits per heavy atom. The lowest BCUT2D eigenvalue weighted by Gasteiger charge is -2.47. The molecule has 1 N–H and O–H groups in total. The van der Waals surface area contributed by atoms with Crippen molar-refractivity contribution in [1.29, 1.82) is 0 Å². The van der Waals surface area contributed by atoms with Crippen molar-refractivity contribution in [3.8, 4) is 0 Å². The van der Waals surface area contributed by atoms with Crippen LogP contribution in [-0.2, 0) is 4.74 Å². The van der Waals surface area contributed by atoms with Gasteiger partial charge in [-0.3, -0.25) is 4.90 Å². The normalized spacial score (nSPS) is 42.3. The number of likely N-dealkylation sites (tertiary alicyclic amines) is 1. The molecule has 2 heterocycles. The summed E-state index contributed by atoms with van der Waals surface area (Å²) in [6.45, 7) is 13.8. The Hall–Kier alpha value is -0.120. The van der Waals surface area contributed by atoms with Crippen molar-refractivity contribution >= 4 is 0 Å². The van der Waals surface area contributed by atoms with E-state index >= 15 is 0 Å². The van der Waals surface area contributed by atoms with Gasteiger partial charge in [0.15, 0.2) is 0 Å². The summed E-state index contributed by atoms with van der Waals surface area (Å²) in [5, 5.41) is 3.70. The molecule has 0 aromatic heterocycles. The number of rotatable bonds is 4. The molecular formula is C15H30N2O. The number of nitrogens with zero attached hydrogens (tertiary/aromatic N) is 1. The highest BCUT2D eigenvalue weighted by molar-refractivity contribution is 4.99. The van der Waals surface area contributed by atoms with Crippen LogP contribution in [-0.4, -0.2) is 48.8 Å². The number of hydrogen-bond donors (Lipinski definition) is 1. The van der Waals surface area contributed by atoms with Crippen molar-refractivity contribution in [2.45, 2.75) is 64.6 Å². The van der Waals surface area contributed by atoms with Crippen LogP contribution in [0.2, 0.25) is 0 Å². The molecule has 0 spiro atoms. The fourth-order valence-electron chi connectivity index (χ4n) is 3.48. The quantitative estimate of drug-likeness (QED) is 0.833. The first-order valence-electron chi connectivity index (χ1n) is 7.68.